The molecule has 0 aromatic rings. The van der Waals surface area contributed by atoms with Crippen LogP contribution in [0.4, 0.5) is 0 Å². The maximum atomic E-state index is 14.0. The van der Waals surface area contributed by atoms with Crippen LogP contribution in [-0.4, -0.2) is 66.3 Å². The first-order valence-corrected chi connectivity index (χ1v) is 17.5. The van der Waals surface area contributed by atoms with Crippen LogP contribution >= 0.6 is 0 Å². The number of cyclic esters (lactones) is 2. The molecular formula is C38H63NO9. The monoisotopic (exact) mass is 677 g/mol. The Bertz CT molecular complexity index is 1270. The second-order valence-electron chi connectivity index (χ2n) is 18.0. The summed E-state index contributed by atoms with van der Waals surface area (Å²) in [6, 6.07) is -0.191. The van der Waals surface area contributed by atoms with Gasteiger partial charge < -0.3 is 19.1 Å². The molecule has 274 valence electrons. The zero-order valence-electron chi connectivity index (χ0n) is 32.4. The van der Waals surface area contributed by atoms with Crippen LogP contribution in [-0.2, 0) is 43.0 Å². The molecule has 0 aromatic carbocycles. The lowest BCUT2D eigenvalue weighted by atomic mass is 9.44. The summed E-state index contributed by atoms with van der Waals surface area (Å²) in [5.41, 5.74) is -4.66. The quantitative estimate of drug-likeness (QED) is 0.0818. The van der Waals surface area contributed by atoms with Gasteiger partial charge >= 0.3 is 23.9 Å². The van der Waals surface area contributed by atoms with Gasteiger partial charge in [0.15, 0.2) is 0 Å². The van der Waals surface area contributed by atoms with Crippen molar-refractivity contribution >= 4 is 35.6 Å². The Morgan fingerprint density at radius 3 is 1.75 bits per heavy atom. The van der Waals surface area contributed by atoms with E-state index in [0.717, 1.165) is 6.42 Å². The molecule has 10 nitrogen and oxygen atoms in total. The molecule has 1 amide bonds. The second kappa shape index (κ2) is 14.2. The summed E-state index contributed by atoms with van der Waals surface area (Å²) < 4.78 is 16.2. The average Bonchev–Trinajstić information content (AvgIpc) is 3.49. The van der Waals surface area contributed by atoms with E-state index in [4.69, 9.17) is 14.2 Å². The highest BCUT2D eigenvalue weighted by Gasteiger charge is 2.68. The Balaban J connectivity index is 2.56. The molecule has 2 aliphatic rings. The zero-order chi connectivity index (χ0) is 37.4. The molecule has 4 unspecified atom stereocenters. The van der Waals surface area contributed by atoms with Crippen molar-refractivity contribution in [2.75, 3.05) is 19.8 Å². The van der Waals surface area contributed by atoms with E-state index in [1.165, 1.54) is 6.92 Å². The SMILES string of the molecule is CC(=O)CC(=O)OCCOC(=O)C(C)(C(C)C)C(C)(C)C(C)(C)C1C(=O)OC(=O)C1C(C)(C)C(C)(C)C(CC(C)(C)C)N1CCCC1=O. The molecule has 2 rings (SSSR count). The average molecular weight is 678 g/mol. The summed E-state index contributed by atoms with van der Waals surface area (Å²) in [6.45, 7) is 29.5. The van der Waals surface area contributed by atoms with Crippen LogP contribution < -0.4 is 0 Å². The van der Waals surface area contributed by atoms with E-state index in [1.54, 1.807) is 0 Å². The molecule has 0 spiro atoms. The third kappa shape index (κ3) is 7.67. The van der Waals surface area contributed by atoms with Crippen LogP contribution in [0.25, 0.3) is 0 Å². The number of carbonyl (C=O) groups is 6. The first-order chi connectivity index (χ1) is 21.6. The maximum Gasteiger partial charge on any atom is 0.318 e. The standard InChI is InChI=1S/C38H63NO9/c1-23(2)38(15,32(45)47-20-19-46-27(42)21-24(3)40)37(13,14)36(11,12)29-28(30(43)48-31(29)44)35(9,10)34(7,8)25(22-33(4,5)6)39-18-16-17-26(39)41/h23,25,28-29H,16-22H2,1-15H3. The number of amides is 1. The van der Waals surface area contributed by atoms with E-state index in [2.05, 4.69) is 34.6 Å². The highest BCUT2D eigenvalue weighted by molar-refractivity contribution is 5.97. The number of Topliss-reactive ketones (excluding diaryl/α,β-unsaturated/α-hetero) is 1. The van der Waals surface area contributed by atoms with E-state index < -0.39 is 62.8 Å². The van der Waals surface area contributed by atoms with Gasteiger partial charge in [-0.1, -0.05) is 90.0 Å². The van der Waals surface area contributed by atoms with Gasteiger partial charge in [0.1, 0.15) is 25.4 Å². The molecule has 2 saturated heterocycles. The summed E-state index contributed by atoms with van der Waals surface area (Å²) in [5, 5.41) is 0. The first kappa shape index (κ1) is 41.4. The highest BCUT2D eigenvalue weighted by atomic mass is 16.6. The molecule has 2 fully saturated rings. The minimum atomic E-state index is -1.16. The summed E-state index contributed by atoms with van der Waals surface area (Å²) in [5.74, 6) is -4.65. The lowest BCUT2D eigenvalue weighted by molar-refractivity contribution is -0.187. The van der Waals surface area contributed by atoms with Gasteiger partial charge in [-0.2, -0.15) is 0 Å². The van der Waals surface area contributed by atoms with Crippen LogP contribution in [0.15, 0.2) is 0 Å². The highest BCUT2D eigenvalue weighted by Crippen LogP contribution is 2.64. The molecule has 0 saturated carbocycles. The van der Waals surface area contributed by atoms with Crippen molar-refractivity contribution in [2.24, 2.45) is 50.2 Å². The van der Waals surface area contributed by atoms with Gasteiger partial charge in [0.05, 0.1) is 17.3 Å². The van der Waals surface area contributed by atoms with Gasteiger partial charge in [-0.15, -0.1) is 0 Å². The number of nitrogens with zero attached hydrogens (tertiary/aromatic N) is 1. The van der Waals surface area contributed by atoms with E-state index in [-0.39, 0.29) is 48.7 Å². The number of carbonyl (C=O) groups excluding carboxylic acids is 6. The summed E-state index contributed by atoms with van der Waals surface area (Å²) in [6.07, 6.45) is 1.64. The van der Waals surface area contributed by atoms with Crippen LogP contribution in [0.3, 0.4) is 0 Å². The number of ketones is 1. The molecule has 0 bridgehead atoms. The fraction of sp³-hybridized carbons (Fsp3) is 0.842. The van der Waals surface area contributed by atoms with Crippen molar-refractivity contribution in [1.29, 1.82) is 0 Å². The smallest absolute Gasteiger partial charge is 0.318 e. The van der Waals surface area contributed by atoms with Crippen LogP contribution in [0, 0.1) is 50.2 Å². The summed E-state index contributed by atoms with van der Waals surface area (Å²) in [7, 11) is 0. The number of rotatable bonds is 15. The minimum absolute atomic E-state index is 0.107. The van der Waals surface area contributed by atoms with Crippen LogP contribution in [0.2, 0.25) is 0 Å². The van der Waals surface area contributed by atoms with Crippen molar-refractivity contribution < 1.29 is 43.0 Å². The molecule has 0 aliphatic carbocycles. The lowest BCUT2D eigenvalue weighted by Crippen LogP contribution is -2.61. The molecule has 2 aliphatic heterocycles. The van der Waals surface area contributed by atoms with Gasteiger partial charge in [-0.05, 0) is 59.7 Å². The van der Waals surface area contributed by atoms with Crippen molar-refractivity contribution in [3.05, 3.63) is 0 Å². The topological polar surface area (TPSA) is 133 Å². The van der Waals surface area contributed by atoms with Gasteiger partial charge in [0.2, 0.25) is 5.91 Å². The largest absolute Gasteiger partial charge is 0.462 e. The Morgan fingerprint density at radius 2 is 1.31 bits per heavy atom. The van der Waals surface area contributed by atoms with Gasteiger partial charge in [-0.25, -0.2) is 0 Å². The van der Waals surface area contributed by atoms with Crippen molar-refractivity contribution in [2.45, 2.75) is 136 Å². The summed E-state index contributed by atoms with van der Waals surface area (Å²) >= 11 is 0. The molecule has 4 atom stereocenters. The molecule has 0 radical (unpaired) electrons. The Hall–Kier alpha value is -2.78. The lowest BCUT2D eigenvalue weighted by Gasteiger charge is -2.58. The minimum Gasteiger partial charge on any atom is -0.462 e. The predicted octanol–water partition coefficient (Wildman–Crippen LogP) is 6.56. The molecular weight excluding hydrogens is 614 g/mol. The number of hydrogen-bond acceptors (Lipinski definition) is 9. The van der Waals surface area contributed by atoms with Crippen LogP contribution in [0.5, 0.6) is 0 Å². The molecule has 10 heteroatoms. The normalized spacial score (nSPS) is 21.7. The third-order valence-corrected chi connectivity index (χ3v) is 12.8. The number of likely N-dealkylation sites (tertiary alicyclic amines) is 1. The molecule has 0 aromatic heterocycles. The molecule has 48 heavy (non-hydrogen) atoms. The van der Waals surface area contributed by atoms with Crippen LogP contribution in [0.1, 0.15) is 130 Å². The van der Waals surface area contributed by atoms with E-state index in [9.17, 15) is 28.8 Å². The third-order valence-electron chi connectivity index (χ3n) is 12.8. The van der Waals surface area contributed by atoms with Gasteiger partial charge in [-0.3, -0.25) is 28.8 Å². The van der Waals surface area contributed by atoms with Crippen molar-refractivity contribution in [1.82, 2.24) is 4.90 Å². The first-order valence-electron chi connectivity index (χ1n) is 17.5. The summed E-state index contributed by atoms with van der Waals surface area (Å²) in [4.78, 5) is 79.9. The zero-order valence-corrected chi connectivity index (χ0v) is 32.4. The fourth-order valence-corrected chi connectivity index (χ4v) is 8.05. The number of hydrogen-bond donors (Lipinski definition) is 0. The Labute approximate surface area is 288 Å². The Kier molecular flexibility index (Phi) is 12.3. The van der Waals surface area contributed by atoms with E-state index in [0.29, 0.717) is 19.4 Å². The predicted molar refractivity (Wildman–Crippen MR) is 182 cm³/mol. The number of esters is 4. The second-order valence-corrected chi connectivity index (χ2v) is 18.0. The van der Waals surface area contributed by atoms with Crippen molar-refractivity contribution in [3.63, 3.8) is 0 Å². The van der Waals surface area contributed by atoms with E-state index >= 15 is 0 Å². The molecule has 0 N–H and O–H groups in total. The van der Waals surface area contributed by atoms with Gasteiger partial charge in [0, 0.05) is 19.0 Å². The van der Waals surface area contributed by atoms with E-state index in [1.807, 2.05) is 67.2 Å². The number of ether oxygens (including phenoxy) is 3. The van der Waals surface area contributed by atoms with Gasteiger partial charge in [0.25, 0.3) is 0 Å². The fourth-order valence-electron chi connectivity index (χ4n) is 8.05. The molecule has 2 heterocycles. The Morgan fingerprint density at radius 1 is 0.812 bits per heavy atom. The van der Waals surface area contributed by atoms with Crippen molar-refractivity contribution in [3.8, 4) is 0 Å². The maximum absolute atomic E-state index is 14.0.